The molecular weight excluding hydrogens is 214 g/mol. The van der Waals surface area contributed by atoms with E-state index in [9.17, 15) is 0 Å². The molecule has 0 aliphatic rings. The molecule has 0 spiro atoms. The standard InChI is InChI=1S/C12H9N5/c13-7-12-14-4-6-17(12)9-10-8-16-5-2-1-3-11(16)15-10/h1-6,8H,9H2. The molecule has 0 N–H and O–H groups in total. The quantitative estimate of drug-likeness (QED) is 0.660. The minimum atomic E-state index is 0.405. The molecule has 3 aromatic rings. The molecule has 3 aromatic heterocycles. The summed E-state index contributed by atoms with van der Waals surface area (Å²) in [6.07, 6.45) is 7.30. The van der Waals surface area contributed by atoms with E-state index in [4.69, 9.17) is 5.26 Å². The Morgan fingerprint density at radius 1 is 1.29 bits per heavy atom. The first-order chi connectivity index (χ1) is 8.36. The highest BCUT2D eigenvalue weighted by Crippen LogP contribution is 2.07. The van der Waals surface area contributed by atoms with E-state index >= 15 is 0 Å². The number of rotatable bonds is 2. The zero-order valence-corrected chi connectivity index (χ0v) is 8.98. The second kappa shape index (κ2) is 3.76. The normalized spacial score (nSPS) is 10.5. The van der Waals surface area contributed by atoms with E-state index in [-0.39, 0.29) is 0 Å². The van der Waals surface area contributed by atoms with Crippen molar-refractivity contribution in [2.24, 2.45) is 0 Å². The summed E-state index contributed by atoms with van der Waals surface area (Å²) in [5.74, 6) is 0.405. The lowest BCUT2D eigenvalue weighted by atomic mass is 10.4. The fraction of sp³-hybridized carbons (Fsp3) is 0.0833. The molecule has 0 aromatic carbocycles. The number of pyridine rings is 1. The maximum atomic E-state index is 8.87. The molecule has 3 rings (SSSR count). The molecule has 0 aliphatic heterocycles. The molecule has 0 atom stereocenters. The second-order valence-electron chi connectivity index (χ2n) is 3.69. The van der Waals surface area contributed by atoms with Gasteiger partial charge in [0.15, 0.2) is 0 Å². The summed E-state index contributed by atoms with van der Waals surface area (Å²) >= 11 is 0. The minimum absolute atomic E-state index is 0.405. The first-order valence-corrected chi connectivity index (χ1v) is 5.20. The zero-order chi connectivity index (χ0) is 11.7. The van der Waals surface area contributed by atoms with E-state index in [1.807, 2.05) is 41.1 Å². The van der Waals surface area contributed by atoms with E-state index in [1.165, 1.54) is 0 Å². The Morgan fingerprint density at radius 3 is 3.06 bits per heavy atom. The van der Waals surface area contributed by atoms with Crippen LogP contribution in [0.3, 0.4) is 0 Å². The van der Waals surface area contributed by atoms with Crippen molar-refractivity contribution in [3.63, 3.8) is 0 Å². The van der Waals surface area contributed by atoms with E-state index in [0.29, 0.717) is 12.4 Å². The van der Waals surface area contributed by atoms with Gasteiger partial charge in [-0.3, -0.25) is 0 Å². The third-order valence-electron chi connectivity index (χ3n) is 2.56. The Hall–Kier alpha value is -2.61. The van der Waals surface area contributed by atoms with Crippen molar-refractivity contribution in [1.82, 2.24) is 18.9 Å². The van der Waals surface area contributed by atoms with Crippen LogP contribution in [0.5, 0.6) is 0 Å². The molecule has 0 saturated heterocycles. The van der Waals surface area contributed by atoms with E-state index in [1.54, 1.807) is 17.0 Å². The Kier molecular flexibility index (Phi) is 2.12. The van der Waals surface area contributed by atoms with Gasteiger partial charge in [-0.1, -0.05) is 6.07 Å². The predicted molar refractivity (Wildman–Crippen MR) is 61.2 cm³/mol. The first kappa shape index (κ1) is 9.60. The number of hydrogen-bond donors (Lipinski definition) is 0. The first-order valence-electron chi connectivity index (χ1n) is 5.20. The molecule has 0 fully saturated rings. The number of hydrogen-bond acceptors (Lipinski definition) is 3. The highest BCUT2D eigenvalue weighted by Gasteiger charge is 2.05. The van der Waals surface area contributed by atoms with Crippen molar-refractivity contribution < 1.29 is 0 Å². The van der Waals surface area contributed by atoms with Crippen LogP contribution >= 0.6 is 0 Å². The lowest BCUT2D eigenvalue weighted by Crippen LogP contribution is -2.01. The average molecular weight is 223 g/mol. The lowest BCUT2D eigenvalue weighted by molar-refractivity contribution is 0.765. The van der Waals surface area contributed by atoms with E-state index < -0.39 is 0 Å². The molecule has 0 unspecified atom stereocenters. The maximum Gasteiger partial charge on any atom is 0.213 e. The molecule has 0 amide bonds. The number of aromatic nitrogens is 4. The largest absolute Gasteiger partial charge is 0.317 e. The number of imidazole rings is 2. The van der Waals surface area contributed by atoms with Gasteiger partial charge in [-0.2, -0.15) is 5.26 Å². The summed E-state index contributed by atoms with van der Waals surface area (Å²) in [5, 5.41) is 8.87. The van der Waals surface area contributed by atoms with Crippen LogP contribution in [-0.2, 0) is 6.54 Å². The molecule has 82 valence electrons. The number of fused-ring (bicyclic) bond motifs is 1. The van der Waals surface area contributed by atoms with Crippen molar-refractivity contribution >= 4 is 5.65 Å². The highest BCUT2D eigenvalue weighted by molar-refractivity contribution is 5.39. The van der Waals surface area contributed by atoms with Gasteiger partial charge in [0.1, 0.15) is 11.7 Å². The molecule has 0 aliphatic carbocycles. The molecule has 3 heterocycles. The van der Waals surface area contributed by atoms with Crippen molar-refractivity contribution in [3.05, 3.63) is 54.5 Å². The van der Waals surface area contributed by atoms with Crippen LogP contribution in [0.25, 0.3) is 5.65 Å². The van der Waals surface area contributed by atoms with Crippen molar-refractivity contribution in [2.75, 3.05) is 0 Å². The van der Waals surface area contributed by atoms with Crippen LogP contribution in [0.2, 0.25) is 0 Å². The lowest BCUT2D eigenvalue weighted by Gasteiger charge is -1.98. The van der Waals surface area contributed by atoms with Crippen LogP contribution in [0.1, 0.15) is 11.5 Å². The van der Waals surface area contributed by atoms with Gasteiger partial charge < -0.3 is 8.97 Å². The molecule has 0 bridgehead atoms. The van der Waals surface area contributed by atoms with Gasteiger partial charge >= 0.3 is 0 Å². The molecule has 0 saturated carbocycles. The molecular formula is C12H9N5. The van der Waals surface area contributed by atoms with Crippen molar-refractivity contribution in [3.8, 4) is 6.07 Å². The molecule has 17 heavy (non-hydrogen) atoms. The third kappa shape index (κ3) is 1.66. The topological polar surface area (TPSA) is 58.9 Å². The van der Waals surface area contributed by atoms with Crippen LogP contribution in [0, 0.1) is 11.3 Å². The van der Waals surface area contributed by atoms with Crippen LogP contribution in [-0.4, -0.2) is 18.9 Å². The summed E-state index contributed by atoms with van der Waals surface area (Å²) in [6, 6.07) is 7.90. The zero-order valence-electron chi connectivity index (χ0n) is 8.98. The van der Waals surface area contributed by atoms with Gasteiger partial charge in [0.05, 0.1) is 12.2 Å². The van der Waals surface area contributed by atoms with Crippen molar-refractivity contribution in [2.45, 2.75) is 6.54 Å². The summed E-state index contributed by atoms with van der Waals surface area (Å²) < 4.78 is 3.74. The summed E-state index contributed by atoms with van der Waals surface area (Å²) in [7, 11) is 0. The van der Waals surface area contributed by atoms with Gasteiger partial charge in [-0.15, -0.1) is 0 Å². The minimum Gasteiger partial charge on any atom is -0.317 e. The fourth-order valence-corrected chi connectivity index (χ4v) is 1.79. The summed E-state index contributed by atoms with van der Waals surface area (Å²) in [4.78, 5) is 8.42. The summed E-state index contributed by atoms with van der Waals surface area (Å²) in [5.41, 5.74) is 1.81. The van der Waals surface area contributed by atoms with Gasteiger partial charge in [-0.25, -0.2) is 9.97 Å². The van der Waals surface area contributed by atoms with E-state index in [2.05, 4.69) is 9.97 Å². The number of nitrogens with zero attached hydrogens (tertiary/aromatic N) is 5. The monoisotopic (exact) mass is 223 g/mol. The predicted octanol–water partition coefficient (Wildman–Crippen LogP) is 1.45. The van der Waals surface area contributed by atoms with Gasteiger partial charge in [0.2, 0.25) is 5.82 Å². The second-order valence-corrected chi connectivity index (χ2v) is 3.69. The molecule has 5 heteroatoms. The van der Waals surface area contributed by atoms with Gasteiger partial charge in [-0.05, 0) is 12.1 Å². The van der Waals surface area contributed by atoms with Gasteiger partial charge in [0, 0.05) is 24.8 Å². The van der Waals surface area contributed by atoms with Crippen LogP contribution in [0.15, 0.2) is 43.0 Å². The Morgan fingerprint density at radius 2 is 2.24 bits per heavy atom. The third-order valence-corrected chi connectivity index (χ3v) is 2.56. The number of nitriles is 1. The Labute approximate surface area is 97.6 Å². The Balaban J connectivity index is 1.98. The van der Waals surface area contributed by atoms with Gasteiger partial charge in [0.25, 0.3) is 0 Å². The summed E-state index contributed by atoms with van der Waals surface area (Å²) in [6.45, 7) is 0.560. The maximum absolute atomic E-state index is 8.87. The van der Waals surface area contributed by atoms with Crippen LogP contribution < -0.4 is 0 Å². The average Bonchev–Trinajstić information content (AvgIpc) is 2.94. The highest BCUT2D eigenvalue weighted by atomic mass is 15.1. The molecule has 0 radical (unpaired) electrons. The SMILES string of the molecule is N#Cc1nccn1Cc1cn2ccccc2n1. The van der Waals surface area contributed by atoms with Crippen LogP contribution in [0.4, 0.5) is 0 Å². The van der Waals surface area contributed by atoms with E-state index in [0.717, 1.165) is 11.3 Å². The van der Waals surface area contributed by atoms with Crippen molar-refractivity contribution in [1.29, 1.82) is 5.26 Å². The molecule has 5 nitrogen and oxygen atoms in total. The smallest absolute Gasteiger partial charge is 0.213 e. The Bertz CT molecular complexity index is 668. The fourth-order valence-electron chi connectivity index (χ4n) is 1.79.